The third kappa shape index (κ3) is 4.60. The predicted molar refractivity (Wildman–Crippen MR) is 105 cm³/mol. The molecule has 1 atom stereocenters. The summed E-state index contributed by atoms with van der Waals surface area (Å²) in [5, 5.41) is 0. The number of hydrogen-bond donors (Lipinski definition) is 0. The van der Waals surface area contributed by atoms with Gasteiger partial charge in [-0.05, 0) is 37.6 Å². The first kappa shape index (κ1) is 19.4. The molecule has 0 spiro atoms. The summed E-state index contributed by atoms with van der Waals surface area (Å²) in [7, 11) is 1.33. The van der Waals surface area contributed by atoms with E-state index in [1.54, 1.807) is 12.1 Å². The van der Waals surface area contributed by atoms with Crippen molar-refractivity contribution in [2.45, 2.75) is 26.7 Å². The Kier molecular flexibility index (Phi) is 6.73. The zero-order valence-electron chi connectivity index (χ0n) is 15.7. The molecule has 0 heterocycles. The molecule has 0 aromatic heterocycles. The Hall–Kier alpha value is -2.88. The number of nitrogens with zero attached hydrogens (tertiary/aromatic N) is 1. The van der Waals surface area contributed by atoms with Crippen molar-refractivity contribution in [3.05, 3.63) is 77.4 Å². The lowest BCUT2D eigenvalue weighted by atomic mass is 9.95. The lowest BCUT2D eigenvalue weighted by molar-refractivity contribution is -0.138. The number of ether oxygens (including phenoxy) is 1. The van der Waals surface area contributed by atoms with Crippen LogP contribution in [0.1, 0.15) is 41.3 Å². The molecule has 26 heavy (non-hydrogen) atoms. The summed E-state index contributed by atoms with van der Waals surface area (Å²) >= 11 is 0. The normalized spacial score (nSPS) is 12.0. The second kappa shape index (κ2) is 8.99. The average molecular weight is 351 g/mol. The zero-order chi connectivity index (χ0) is 19.1. The molecule has 0 aliphatic carbocycles. The maximum atomic E-state index is 13.1. The van der Waals surface area contributed by atoms with E-state index in [9.17, 15) is 9.59 Å². The van der Waals surface area contributed by atoms with Gasteiger partial charge in [0.2, 0.25) is 0 Å². The molecule has 0 aliphatic heterocycles. The quantitative estimate of drug-likeness (QED) is 0.569. The first-order valence-corrected chi connectivity index (χ1v) is 8.65. The number of anilines is 1. The van der Waals surface area contributed by atoms with Gasteiger partial charge in [0.25, 0.3) is 5.91 Å². The molecule has 2 aromatic carbocycles. The highest BCUT2D eigenvalue weighted by molar-refractivity contribution is 6.08. The van der Waals surface area contributed by atoms with Crippen LogP contribution in [0.3, 0.4) is 0 Å². The minimum absolute atomic E-state index is 0.110. The number of rotatable bonds is 6. The van der Waals surface area contributed by atoms with Crippen LogP contribution in [0.4, 0.5) is 5.69 Å². The number of amides is 1. The molecule has 0 saturated carbocycles. The molecular formula is C22H25NO3. The van der Waals surface area contributed by atoms with Crippen molar-refractivity contribution in [3.8, 4) is 0 Å². The minimum atomic E-state index is -0.459. The number of methoxy groups -OCH3 is 1. The largest absolute Gasteiger partial charge is 0.468 e. The second-order valence-electron chi connectivity index (χ2n) is 6.21. The third-order valence-corrected chi connectivity index (χ3v) is 4.23. The molecule has 0 saturated heterocycles. The Bertz CT molecular complexity index is 796. The molecule has 4 nitrogen and oxygen atoms in total. The fourth-order valence-electron chi connectivity index (χ4n) is 2.87. The smallest absolute Gasteiger partial charge is 0.325 e. The number of carbonyl (C=O) groups excluding carboxylic acids is 2. The van der Waals surface area contributed by atoms with Gasteiger partial charge in [0.15, 0.2) is 0 Å². The number of esters is 1. The lowest BCUT2D eigenvalue weighted by Crippen LogP contribution is -2.37. The van der Waals surface area contributed by atoms with Crippen LogP contribution in [-0.4, -0.2) is 25.5 Å². The molecule has 1 unspecified atom stereocenters. The fourth-order valence-corrected chi connectivity index (χ4v) is 2.87. The van der Waals surface area contributed by atoms with Gasteiger partial charge >= 0.3 is 5.97 Å². The summed E-state index contributed by atoms with van der Waals surface area (Å²) < 4.78 is 4.81. The molecule has 4 heteroatoms. The topological polar surface area (TPSA) is 46.6 Å². The summed E-state index contributed by atoms with van der Waals surface area (Å²) in [6.45, 7) is 5.91. The standard InChI is InChI=1S/C22H25NO3/c1-5-9-17(3)19-14-16(2)12-13-20(19)23(15-21(24)26-4)22(25)18-10-7-6-8-11-18/h5-14,17H,15H2,1-4H3/b9-5+. The zero-order valence-corrected chi connectivity index (χ0v) is 15.7. The Morgan fingerprint density at radius 1 is 1.15 bits per heavy atom. The van der Waals surface area contributed by atoms with Crippen molar-refractivity contribution >= 4 is 17.6 Å². The van der Waals surface area contributed by atoms with E-state index in [0.717, 1.165) is 16.8 Å². The van der Waals surface area contributed by atoms with Gasteiger partial charge in [-0.2, -0.15) is 0 Å². The van der Waals surface area contributed by atoms with Crippen LogP contribution in [0.2, 0.25) is 0 Å². The van der Waals surface area contributed by atoms with Crippen LogP contribution in [0, 0.1) is 6.92 Å². The van der Waals surface area contributed by atoms with Gasteiger partial charge in [0.05, 0.1) is 7.11 Å². The van der Waals surface area contributed by atoms with Crippen molar-refractivity contribution in [1.29, 1.82) is 0 Å². The summed E-state index contributed by atoms with van der Waals surface area (Å²) in [5.74, 6) is -0.577. The molecule has 0 bridgehead atoms. The highest BCUT2D eigenvalue weighted by Crippen LogP contribution is 2.31. The maximum absolute atomic E-state index is 13.1. The van der Waals surface area contributed by atoms with Crippen LogP contribution >= 0.6 is 0 Å². The van der Waals surface area contributed by atoms with Crippen molar-refractivity contribution < 1.29 is 14.3 Å². The number of aryl methyl sites for hydroxylation is 1. The summed E-state index contributed by atoms with van der Waals surface area (Å²) in [5.41, 5.74) is 3.35. The van der Waals surface area contributed by atoms with Crippen LogP contribution < -0.4 is 4.90 Å². The lowest BCUT2D eigenvalue weighted by Gasteiger charge is -2.26. The molecule has 0 aliphatic rings. The second-order valence-corrected chi connectivity index (χ2v) is 6.21. The Morgan fingerprint density at radius 2 is 1.85 bits per heavy atom. The van der Waals surface area contributed by atoms with Crippen molar-refractivity contribution in [1.82, 2.24) is 0 Å². The first-order chi connectivity index (χ1) is 12.5. The van der Waals surface area contributed by atoms with Gasteiger partial charge in [-0.15, -0.1) is 0 Å². The van der Waals surface area contributed by atoms with E-state index in [1.807, 2.05) is 50.3 Å². The Balaban J connectivity index is 2.55. The highest BCUT2D eigenvalue weighted by Gasteiger charge is 2.24. The van der Waals surface area contributed by atoms with Crippen LogP contribution in [0.15, 0.2) is 60.7 Å². The van der Waals surface area contributed by atoms with E-state index in [0.29, 0.717) is 5.56 Å². The van der Waals surface area contributed by atoms with E-state index in [2.05, 4.69) is 19.1 Å². The molecule has 2 aromatic rings. The molecule has 136 valence electrons. The first-order valence-electron chi connectivity index (χ1n) is 8.65. The van der Waals surface area contributed by atoms with Crippen LogP contribution in [0.25, 0.3) is 0 Å². The molecule has 1 amide bonds. The number of benzene rings is 2. The van der Waals surface area contributed by atoms with Crippen LogP contribution in [-0.2, 0) is 9.53 Å². The van der Waals surface area contributed by atoms with E-state index in [-0.39, 0.29) is 18.4 Å². The van der Waals surface area contributed by atoms with Gasteiger partial charge < -0.3 is 4.74 Å². The molecule has 0 fully saturated rings. The Labute approximate surface area is 155 Å². The van der Waals surface area contributed by atoms with Gasteiger partial charge in [-0.1, -0.05) is 55.0 Å². The molecular weight excluding hydrogens is 326 g/mol. The van der Waals surface area contributed by atoms with E-state index < -0.39 is 5.97 Å². The molecule has 0 N–H and O–H groups in total. The van der Waals surface area contributed by atoms with Crippen molar-refractivity contribution in [3.63, 3.8) is 0 Å². The summed E-state index contributed by atoms with van der Waals surface area (Å²) in [6.07, 6.45) is 4.06. The van der Waals surface area contributed by atoms with Crippen LogP contribution in [0.5, 0.6) is 0 Å². The predicted octanol–water partition coefficient (Wildman–Crippen LogP) is 4.49. The van der Waals surface area contributed by atoms with Gasteiger partial charge in [0, 0.05) is 17.2 Å². The van der Waals surface area contributed by atoms with E-state index in [1.165, 1.54) is 12.0 Å². The number of hydrogen-bond acceptors (Lipinski definition) is 3. The van der Waals surface area contributed by atoms with Gasteiger partial charge in [0.1, 0.15) is 6.54 Å². The van der Waals surface area contributed by atoms with Crippen molar-refractivity contribution in [2.75, 3.05) is 18.6 Å². The van der Waals surface area contributed by atoms with E-state index in [4.69, 9.17) is 4.74 Å². The highest BCUT2D eigenvalue weighted by atomic mass is 16.5. The molecule has 2 rings (SSSR count). The maximum Gasteiger partial charge on any atom is 0.325 e. The van der Waals surface area contributed by atoms with Gasteiger partial charge in [-0.25, -0.2) is 0 Å². The Morgan fingerprint density at radius 3 is 2.46 bits per heavy atom. The molecule has 0 radical (unpaired) electrons. The number of carbonyl (C=O) groups is 2. The summed E-state index contributed by atoms with van der Waals surface area (Å²) in [6, 6.07) is 14.9. The minimum Gasteiger partial charge on any atom is -0.468 e. The SMILES string of the molecule is C/C=C/C(C)c1cc(C)ccc1N(CC(=O)OC)C(=O)c1ccccc1. The summed E-state index contributed by atoms with van der Waals surface area (Å²) in [4.78, 5) is 26.6. The fraction of sp³-hybridized carbons (Fsp3) is 0.273. The van der Waals surface area contributed by atoms with Gasteiger partial charge in [-0.3, -0.25) is 14.5 Å². The average Bonchev–Trinajstić information content (AvgIpc) is 2.66. The number of allylic oxidation sites excluding steroid dienone is 2. The third-order valence-electron chi connectivity index (χ3n) is 4.23. The van der Waals surface area contributed by atoms with Crippen molar-refractivity contribution in [2.24, 2.45) is 0 Å². The van der Waals surface area contributed by atoms with E-state index >= 15 is 0 Å². The monoisotopic (exact) mass is 351 g/mol.